The lowest BCUT2D eigenvalue weighted by Gasteiger charge is -2.38. The summed E-state index contributed by atoms with van der Waals surface area (Å²) in [5.74, 6) is -1.01. The predicted molar refractivity (Wildman–Crippen MR) is 124 cm³/mol. The molecule has 0 radical (unpaired) electrons. The van der Waals surface area contributed by atoms with Gasteiger partial charge in [0.05, 0.1) is 23.3 Å². The number of nitrogens with zero attached hydrogens (tertiary/aromatic N) is 4. The minimum absolute atomic E-state index is 0.0625. The number of carbonyl (C=O) groups is 2. The van der Waals surface area contributed by atoms with Gasteiger partial charge in [-0.15, -0.1) is 10.2 Å². The molecule has 32 heavy (non-hydrogen) atoms. The fourth-order valence-electron chi connectivity index (χ4n) is 3.84. The molecule has 0 fully saturated rings. The smallest absolute Gasteiger partial charge is 0.227 e. The van der Waals surface area contributed by atoms with Crippen molar-refractivity contribution in [3.05, 3.63) is 56.5 Å². The Balaban J connectivity index is 1.86. The molecule has 1 amide bonds. The van der Waals surface area contributed by atoms with Crippen LogP contribution in [0.2, 0.25) is 10.0 Å². The van der Waals surface area contributed by atoms with Gasteiger partial charge in [0, 0.05) is 27.7 Å². The van der Waals surface area contributed by atoms with E-state index >= 15 is 0 Å². The molecule has 164 valence electrons. The average Bonchev–Trinajstić information content (AvgIpc) is 3.20. The van der Waals surface area contributed by atoms with Crippen LogP contribution >= 0.6 is 46.3 Å². The molecule has 2 aromatic rings. The monoisotopic (exact) mass is 506 g/mol. The number of Topliss-reactive ketones (excluding diaryl/α,β-unsaturated/α-hetero) is 1. The van der Waals surface area contributed by atoms with Crippen LogP contribution in [0.3, 0.4) is 0 Å². The van der Waals surface area contributed by atoms with E-state index in [0.717, 1.165) is 11.8 Å². The normalized spacial score (nSPS) is 18.6. The average molecular weight is 507 g/mol. The van der Waals surface area contributed by atoms with E-state index in [-0.39, 0.29) is 22.9 Å². The molecule has 0 spiro atoms. The zero-order chi connectivity index (χ0) is 23.0. The first-order valence-electron chi connectivity index (χ1n) is 9.47. The van der Waals surface area contributed by atoms with Crippen LogP contribution < -0.4 is 16.4 Å². The van der Waals surface area contributed by atoms with Crippen molar-refractivity contribution in [3.63, 3.8) is 0 Å². The summed E-state index contributed by atoms with van der Waals surface area (Å²) >= 11 is 14.9. The minimum atomic E-state index is -0.694. The molecule has 0 saturated heterocycles. The molecule has 1 aromatic carbocycles. The molecule has 4 N–H and O–H groups in total. The van der Waals surface area contributed by atoms with Crippen LogP contribution in [0.25, 0.3) is 0 Å². The molecule has 8 nitrogen and oxygen atoms in total. The van der Waals surface area contributed by atoms with E-state index in [2.05, 4.69) is 16.3 Å². The molecule has 12 heteroatoms. The zero-order valence-electron chi connectivity index (χ0n) is 16.5. The number of carbonyl (C=O) groups excluding carboxylic acids is 2. The molecule has 1 aromatic heterocycles. The number of allylic oxidation sites excluding steroid dienone is 3. The van der Waals surface area contributed by atoms with Crippen molar-refractivity contribution in [2.75, 3.05) is 10.7 Å². The van der Waals surface area contributed by atoms with Crippen molar-refractivity contribution in [2.24, 2.45) is 11.5 Å². The zero-order valence-corrected chi connectivity index (χ0v) is 19.6. The van der Waals surface area contributed by atoms with E-state index in [0.29, 0.717) is 55.6 Å². The maximum absolute atomic E-state index is 13.1. The topological polar surface area (TPSA) is 139 Å². The summed E-state index contributed by atoms with van der Waals surface area (Å²) in [6, 6.07) is 7.13. The lowest BCUT2D eigenvalue weighted by molar-refractivity contribution is -0.116. The van der Waals surface area contributed by atoms with Crippen molar-refractivity contribution >= 4 is 63.1 Å². The number of nitriles is 1. The number of amides is 1. The number of thioether (sulfide) groups is 1. The summed E-state index contributed by atoms with van der Waals surface area (Å²) in [6.07, 6.45) is 1.58. The Bertz CT molecular complexity index is 1230. The number of aromatic nitrogens is 2. The number of ketones is 1. The molecule has 0 saturated carbocycles. The van der Waals surface area contributed by atoms with Gasteiger partial charge in [-0.3, -0.25) is 14.5 Å². The SMILES string of the molecule is N#CC1=C(N)N(c2nnc(SCC(N)=O)s2)C2=C(C(=O)CCC2)C1c1ccc(Cl)cc1Cl. The van der Waals surface area contributed by atoms with Crippen LogP contribution in [0, 0.1) is 11.3 Å². The second kappa shape index (κ2) is 9.11. The number of nitrogens with two attached hydrogens (primary N) is 2. The lowest BCUT2D eigenvalue weighted by atomic mass is 9.76. The third kappa shape index (κ3) is 4.09. The molecule has 1 aliphatic carbocycles. The van der Waals surface area contributed by atoms with Gasteiger partial charge in [-0.25, -0.2) is 0 Å². The van der Waals surface area contributed by atoms with E-state index in [4.69, 9.17) is 34.7 Å². The Morgan fingerprint density at radius 1 is 1.34 bits per heavy atom. The molecule has 1 atom stereocenters. The molecule has 1 unspecified atom stereocenters. The van der Waals surface area contributed by atoms with Crippen molar-refractivity contribution in [1.29, 1.82) is 5.26 Å². The summed E-state index contributed by atoms with van der Waals surface area (Å²) in [5.41, 5.74) is 13.6. The van der Waals surface area contributed by atoms with Crippen LogP contribution in [0.4, 0.5) is 5.13 Å². The Morgan fingerprint density at radius 2 is 2.12 bits per heavy atom. The number of halogens is 2. The number of anilines is 1. The fourth-order valence-corrected chi connectivity index (χ4v) is 5.97. The second-order valence-corrected chi connectivity index (χ2v) is 10.1. The summed E-state index contributed by atoms with van der Waals surface area (Å²) in [4.78, 5) is 25.8. The predicted octanol–water partition coefficient (Wildman–Crippen LogP) is 3.73. The second-order valence-electron chi connectivity index (χ2n) is 7.09. The molecule has 2 aliphatic rings. The molecule has 4 rings (SSSR count). The Hall–Kier alpha value is -2.58. The van der Waals surface area contributed by atoms with E-state index in [1.54, 1.807) is 23.1 Å². The van der Waals surface area contributed by atoms with E-state index in [9.17, 15) is 14.9 Å². The van der Waals surface area contributed by atoms with Crippen molar-refractivity contribution in [3.8, 4) is 6.07 Å². The van der Waals surface area contributed by atoms with Crippen LogP contribution in [0.5, 0.6) is 0 Å². The van der Waals surface area contributed by atoms with Gasteiger partial charge >= 0.3 is 0 Å². The van der Waals surface area contributed by atoms with E-state index in [1.807, 2.05) is 0 Å². The van der Waals surface area contributed by atoms with Gasteiger partial charge < -0.3 is 11.5 Å². The third-order valence-electron chi connectivity index (χ3n) is 5.11. The summed E-state index contributed by atoms with van der Waals surface area (Å²) in [5, 5.41) is 19.5. The Kier molecular flexibility index (Phi) is 6.44. The number of rotatable bonds is 5. The molecule has 0 bridgehead atoms. The van der Waals surface area contributed by atoms with Gasteiger partial charge in [-0.05, 0) is 30.5 Å². The molecular formula is C20H16Cl2N6O2S2. The van der Waals surface area contributed by atoms with Gasteiger partial charge in [0.25, 0.3) is 0 Å². The quantitative estimate of drug-likeness (QED) is 0.584. The van der Waals surface area contributed by atoms with Crippen LogP contribution in [-0.4, -0.2) is 27.6 Å². The van der Waals surface area contributed by atoms with Gasteiger partial charge in [0.15, 0.2) is 10.1 Å². The number of hydrogen-bond donors (Lipinski definition) is 2. The van der Waals surface area contributed by atoms with Crippen LogP contribution in [-0.2, 0) is 9.59 Å². The third-order valence-corrected chi connectivity index (χ3v) is 7.74. The fraction of sp³-hybridized carbons (Fsp3) is 0.250. The Labute approximate surface area is 201 Å². The first kappa shape index (κ1) is 22.6. The van der Waals surface area contributed by atoms with Crippen molar-refractivity contribution < 1.29 is 9.59 Å². The van der Waals surface area contributed by atoms with Gasteiger partial charge in [0.2, 0.25) is 11.0 Å². The maximum Gasteiger partial charge on any atom is 0.227 e. The molecule has 2 heterocycles. The summed E-state index contributed by atoms with van der Waals surface area (Å²) in [6.45, 7) is 0. The first-order chi connectivity index (χ1) is 15.3. The highest BCUT2D eigenvalue weighted by Crippen LogP contribution is 2.48. The minimum Gasteiger partial charge on any atom is -0.384 e. The van der Waals surface area contributed by atoms with Crippen LogP contribution in [0.1, 0.15) is 30.7 Å². The van der Waals surface area contributed by atoms with Crippen molar-refractivity contribution in [2.45, 2.75) is 29.5 Å². The highest BCUT2D eigenvalue weighted by atomic mass is 35.5. The number of primary amides is 1. The van der Waals surface area contributed by atoms with E-state index < -0.39 is 11.8 Å². The summed E-state index contributed by atoms with van der Waals surface area (Å²) < 4.78 is 0.525. The Morgan fingerprint density at radius 3 is 2.81 bits per heavy atom. The van der Waals surface area contributed by atoms with Gasteiger partial charge in [-0.1, -0.05) is 52.4 Å². The van der Waals surface area contributed by atoms with E-state index in [1.165, 1.54) is 11.3 Å². The number of benzene rings is 1. The lowest BCUT2D eigenvalue weighted by Crippen LogP contribution is -2.38. The first-order valence-corrected chi connectivity index (χ1v) is 12.0. The van der Waals surface area contributed by atoms with Gasteiger partial charge in [0.1, 0.15) is 5.82 Å². The van der Waals surface area contributed by atoms with Crippen molar-refractivity contribution in [1.82, 2.24) is 10.2 Å². The number of hydrogen-bond acceptors (Lipinski definition) is 9. The highest BCUT2D eigenvalue weighted by molar-refractivity contribution is 8.01. The van der Waals surface area contributed by atoms with Crippen LogP contribution in [0.15, 0.2) is 45.2 Å². The largest absolute Gasteiger partial charge is 0.384 e. The van der Waals surface area contributed by atoms with Gasteiger partial charge in [-0.2, -0.15) is 5.26 Å². The molecular weight excluding hydrogens is 491 g/mol. The summed E-state index contributed by atoms with van der Waals surface area (Å²) in [7, 11) is 0. The maximum atomic E-state index is 13.1. The standard InChI is InChI=1S/C20H16Cl2N6O2S2/c21-9-4-5-10(12(22)6-9)16-11(7-23)18(25)28(13-2-1-3-14(29)17(13)16)19-26-27-20(32-19)31-8-15(24)30/h4-6,16H,1-3,8,25H2,(H2,24,30). The molecule has 1 aliphatic heterocycles. The highest BCUT2D eigenvalue weighted by Gasteiger charge is 2.41.